The minimum Gasteiger partial charge on any atom is -0.416 e. The van der Waals surface area contributed by atoms with Crippen LogP contribution in [0.4, 0.5) is 0 Å². The van der Waals surface area contributed by atoms with Crippen LogP contribution in [0.3, 0.4) is 0 Å². The summed E-state index contributed by atoms with van der Waals surface area (Å²) in [6, 6.07) is 0. The van der Waals surface area contributed by atoms with Crippen molar-refractivity contribution in [2.24, 2.45) is 28.6 Å². The molecule has 0 aromatic rings. The predicted octanol–water partition coefficient (Wildman–Crippen LogP) is 6.91. The normalized spacial score (nSPS) is 41.1. The monoisotopic (exact) mass is 402 g/mol. The molecule has 4 aliphatic rings. The van der Waals surface area contributed by atoms with Crippen LogP contribution in [0.25, 0.3) is 0 Å². The van der Waals surface area contributed by atoms with Gasteiger partial charge in [0.1, 0.15) is 5.78 Å². The van der Waals surface area contributed by atoms with E-state index in [4.69, 9.17) is 4.43 Å². The van der Waals surface area contributed by atoms with Crippen molar-refractivity contribution in [2.75, 3.05) is 6.61 Å². The number of hydrogen-bond donors (Lipinski definition) is 0. The Bertz CT molecular complexity index is 673. The average Bonchev–Trinajstić information content (AvgIpc) is 2.96. The maximum atomic E-state index is 13.3. The zero-order chi connectivity index (χ0) is 20.4. The summed E-state index contributed by atoms with van der Waals surface area (Å²) in [4.78, 5) is 13.3. The number of ketones is 1. The molecule has 0 N–H and O–H groups in total. The summed E-state index contributed by atoms with van der Waals surface area (Å²) >= 11 is 0. The molecule has 0 aromatic carbocycles. The van der Waals surface area contributed by atoms with Gasteiger partial charge in [-0.2, -0.15) is 0 Å². The van der Waals surface area contributed by atoms with Crippen LogP contribution in [0, 0.1) is 28.6 Å². The third kappa shape index (κ3) is 3.02. The fourth-order valence-corrected chi connectivity index (χ4v) is 8.12. The van der Waals surface area contributed by atoms with Crippen molar-refractivity contribution in [1.29, 1.82) is 0 Å². The average molecular weight is 403 g/mol. The van der Waals surface area contributed by atoms with Crippen LogP contribution in [0.15, 0.2) is 11.6 Å². The summed E-state index contributed by atoms with van der Waals surface area (Å²) in [6.07, 6.45) is 13.5. The van der Waals surface area contributed by atoms with Gasteiger partial charge < -0.3 is 4.43 Å². The molecule has 3 fully saturated rings. The number of Topliss-reactive ketones (excluding diaryl/α,β-unsaturated/α-hetero) is 1. The molecule has 3 heteroatoms. The molecule has 4 rings (SSSR count). The van der Waals surface area contributed by atoms with E-state index in [9.17, 15) is 4.79 Å². The molecule has 0 bridgehead atoms. The molecule has 3 saturated carbocycles. The van der Waals surface area contributed by atoms with Crippen molar-refractivity contribution in [2.45, 2.75) is 104 Å². The van der Waals surface area contributed by atoms with Crippen molar-refractivity contribution in [1.82, 2.24) is 0 Å². The van der Waals surface area contributed by atoms with Crippen molar-refractivity contribution >= 4 is 14.1 Å². The van der Waals surface area contributed by atoms with Crippen LogP contribution < -0.4 is 0 Å². The van der Waals surface area contributed by atoms with Gasteiger partial charge in [0.05, 0.1) is 5.41 Å². The van der Waals surface area contributed by atoms with E-state index in [-0.39, 0.29) is 10.5 Å². The molecule has 5 atom stereocenters. The van der Waals surface area contributed by atoms with Crippen molar-refractivity contribution in [3.63, 3.8) is 0 Å². The molecule has 0 unspecified atom stereocenters. The highest BCUT2D eigenvalue weighted by molar-refractivity contribution is 6.74. The Morgan fingerprint density at radius 1 is 1.11 bits per heavy atom. The summed E-state index contributed by atoms with van der Waals surface area (Å²) in [5.74, 6) is 2.58. The number of hydrogen-bond acceptors (Lipinski definition) is 2. The third-order valence-corrected chi connectivity index (χ3v) is 14.4. The van der Waals surface area contributed by atoms with E-state index >= 15 is 0 Å². The van der Waals surface area contributed by atoms with E-state index < -0.39 is 8.32 Å². The summed E-state index contributed by atoms with van der Waals surface area (Å²) in [7, 11) is -1.83. The van der Waals surface area contributed by atoms with Crippen LogP contribution >= 0.6 is 0 Å². The molecule has 2 nitrogen and oxygen atoms in total. The first-order chi connectivity index (χ1) is 13.0. The van der Waals surface area contributed by atoms with E-state index in [1.807, 2.05) is 0 Å². The lowest BCUT2D eigenvalue weighted by atomic mass is 9.48. The quantitative estimate of drug-likeness (QED) is 0.378. The van der Waals surface area contributed by atoms with Crippen LogP contribution in [0.2, 0.25) is 18.1 Å². The van der Waals surface area contributed by atoms with Gasteiger partial charge >= 0.3 is 0 Å². The molecule has 0 spiro atoms. The van der Waals surface area contributed by atoms with Gasteiger partial charge in [0.2, 0.25) is 0 Å². The second kappa shape index (κ2) is 6.80. The maximum Gasteiger partial charge on any atom is 0.192 e. The molecule has 0 aromatic heterocycles. The summed E-state index contributed by atoms with van der Waals surface area (Å²) in [5.41, 5.74) is 2.00. The molecule has 4 aliphatic carbocycles. The number of carbonyl (C=O) groups excluding carboxylic acids is 1. The Kier molecular flexibility index (Phi) is 5.06. The maximum absolute atomic E-state index is 13.3. The van der Waals surface area contributed by atoms with Gasteiger partial charge in [0, 0.05) is 13.0 Å². The first-order valence-electron chi connectivity index (χ1n) is 11.9. The summed E-state index contributed by atoms with van der Waals surface area (Å²) in [6.45, 7) is 14.8. The number of allylic oxidation sites excluding steroid dienone is 2. The number of fused-ring (bicyclic) bond motifs is 5. The molecule has 0 radical (unpaired) electrons. The van der Waals surface area contributed by atoms with E-state index in [1.165, 1.54) is 38.5 Å². The zero-order valence-corrected chi connectivity index (χ0v) is 20.2. The Balaban J connectivity index is 1.60. The molecular formula is C25H42O2Si. The first kappa shape index (κ1) is 20.8. The summed E-state index contributed by atoms with van der Waals surface area (Å²) < 4.78 is 6.72. The molecule has 0 saturated heterocycles. The smallest absolute Gasteiger partial charge is 0.192 e. The van der Waals surface area contributed by atoms with E-state index in [2.05, 4.69) is 46.9 Å². The van der Waals surface area contributed by atoms with Gasteiger partial charge in [-0.1, -0.05) is 45.8 Å². The molecule has 28 heavy (non-hydrogen) atoms. The highest BCUT2D eigenvalue weighted by Crippen LogP contribution is 2.64. The molecule has 0 heterocycles. The van der Waals surface area contributed by atoms with Crippen LogP contribution in [0.5, 0.6) is 0 Å². The van der Waals surface area contributed by atoms with Gasteiger partial charge in [-0.25, -0.2) is 0 Å². The van der Waals surface area contributed by atoms with Crippen LogP contribution in [0.1, 0.15) is 85.5 Å². The Labute approximate surface area is 174 Å². The number of rotatable bonds is 3. The van der Waals surface area contributed by atoms with Crippen LogP contribution in [-0.2, 0) is 9.22 Å². The van der Waals surface area contributed by atoms with E-state index in [1.54, 1.807) is 5.57 Å². The standard InChI is InChI=1S/C25H42O2Si/c1-23(2,3)28(5,6)27-17-25-16-14-20-19(21(25)12-13-22(25)26)11-10-18-9-7-8-15-24(18,20)4/h10,19-21H,7-9,11-17H2,1-6H3/t19-,20+,21+,24+,25-/m1/s1. The van der Waals surface area contributed by atoms with Gasteiger partial charge in [-0.05, 0) is 86.2 Å². The van der Waals surface area contributed by atoms with E-state index in [0.717, 1.165) is 25.2 Å². The van der Waals surface area contributed by atoms with Gasteiger partial charge in [-0.3, -0.25) is 4.79 Å². The van der Waals surface area contributed by atoms with Crippen molar-refractivity contribution in [3.05, 3.63) is 11.6 Å². The highest BCUT2D eigenvalue weighted by Gasteiger charge is 2.60. The predicted molar refractivity (Wildman–Crippen MR) is 119 cm³/mol. The highest BCUT2D eigenvalue weighted by atomic mass is 28.4. The lowest BCUT2D eigenvalue weighted by Gasteiger charge is -2.57. The minimum absolute atomic E-state index is 0.174. The molecule has 0 aliphatic heterocycles. The Hall–Kier alpha value is -0.413. The second-order valence-corrected chi connectivity index (χ2v) is 17.0. The van der Waals surface area contributed by atoms with Gasteiger partial charge in [0.25, 0.3) is 0 Å². The Morgan fingerprint density at radius 2 is 1.86 bits per heavy atom. The van der Waals surface area contributed by atoms with Gasteiger partial charge in [-0.15, -0.1) is 0 Å². The lowest BCUT2D eigenvalue weighted by molar-refractivity contribution is -0.137. The van der Waals surface area contributed by atoms with E-state index in [0.29, 0.717) is 29.6 Å². The molecule has 158 valence electrons. The number of carbonyl (C=O) groups is 1. The molecule has 0 amide bonds. The van der Waals surface area contributed by atoms with Crippen molar-refractivity contribution < 1.29 is 9.22 Å². The fraction of sp³-hybridized carbons (Fsp3) is 0.880. The molecular weight excluding hydrogens is 360 g/mol. The second-order valence-electron chi connectivity index (χ2n) is 12.2. The largest absolute Gasteiger partial charge is 0.416 e. The summed E-state index contributed by atoms with van der Waals surface area (Å²) in [5, 5.41) is 0.204. The lowest BCUT2D eigenvalue weighted by Crippen LogP contribution is -2.54. The fourth-order valence-electron chi connectivity index (χ4n) is 7.07. The van der Waals surface area contributed by atoms with Crippen LogP contribution in [-0.4, -0.2) is 20.7 Å². The van der Waals surface area contributed by atoms with Gasteiger partial charge in [0.15, 0.2) is 8.32 Å². The minimum atomic E-state index is -1.83. The van der Waals surface area contributed by atoms with Crippen molar-refractivity contribution in [3.8, 4) is 0 Å². The SMILES string of the molecule is CC(C)(C)[Si](C)(C)OC[C@]12CC[C@H]3[C@@H](CC=C4CCCC[C@@]43C)[C@@H]1CCC2=O. The zero-order valence-electron chi connectivity index (χ0n) is 19.2. The topological polar surface area (TPSA) is 26.3 Å². The first-order valence-corrected chi connectivity index (χ1v) is 14.8. The third-order valence-electron chi connectivity index (χ3n) is 9.96. The Morgan fingerprint density at radius 3 is 2.57 bits per heavy atom.